The van der Waals surface area contributed by atoms with Crippen molar-refractivity contribution < 1.29 is 9.53 Å². The van der Waals surface area contributed by atoms with Crippen LogP contribution in [0.15, 0.2) is 59.6 Å². The van der Waals surface area contributed by atoms with Crippen molar-refractivity contribution >= 4 is 35.8 Å². The van der Waals surface area contributed by atoms with E-state index in [-0.39, 0.29) is 36.4 Å². The molecule has 2 N–H and O–H groups in total. The first-order valence-corrected chi connectivity index (χ1v) is 10.1. The van der Waals surface area contributed by atoms with E-state index < -0.39 is 0 Å². The summed E-state index contributed by atoms with van der Waals surface area (Å²) < 4.78 is 5.18. The van der Waals surface area contributed by atoms with Crippen molar-refractivity contribution in [2.75, 3.05) is 33.3 Å². The highest BCUT2D eigenvalue weighted by molar-refractivity contribution is 14.0. The lowest BCUT2D eigenvalue weighted by molar-refractivity contribution is -0.130. The zero-order valence-electron chi connectivity index (χ0n) is 18.1. The van der Waals surface area contributed by atoms with E-state index in [9.17, 15) is 4.79 Å². The number of aliphatic imine (C=N–C) groups is 1. The second-order valence-electron chi connectivity index (χ2n) is 6.61. The van der Waals surface area contributed by atoms with Crippen LogP contribution in [0, 0.1) is 0 Å². The van der Waals surface area contributed by atoms with Crippen molar-refractivity contribution in [2.24, 2.45) is 4.99 Å². The maximum absolute atomic E-state index is 12.6. The molecule has 0 fully saturated rings. The molecule has 0 saturated heterocycles. The Bertz CT molecular complexity index is 767. The van der Waals surface area contributed by atoms with E-state index in [0.29, 0.717) is 19.0 Å². The van der Waals surface area contributed by atoms with E-state index >= 15 is 0 Å². The minimum Gasteiger partial charge on any atom is -0.497 e. The van der Waals surface area contributed by atoms with Gasteiger partial charge in [0, 0.05) is 26.2 Å². The van der Waals surface area contributed by atoms with Crippen molar-refractivity contribution in [1.29, 1.82) is 0 Å². The van der Waals surface area contributed by atoms with Gasteiger partial charge in [0.15, 0.2) is 5.96 Å². The number of nitrogens with one attached hydrogen (secondary N) is 2. The van der Waals surface area contributed by atoms with Gasteiger partial charge in [-0.25, -0.2) is 4.99 Å². The van der Waals surface area contributed by atoms with Crippen molar-refractivity contribution in [2.45, 2.75) is 26.8 Å². The summed E-state index contributed by atoms with van der Waals surface area (Å²) in [6, 6.07) is 18.0. The summed E-state index contributed by atoms with van der Waals surface area (Å²) in [7, 11) is 1.66. The number of hydrogen-bond donors (Lipinski definition) is 2. The van der Waals surface area contributed by atoms with Crippen LogP contribution in [0.3, 0.4) is 0 Å². The van der Waals surface area contributed by atoms with E-state index in [4.69, 9.17) is 4.74 Å². The quantitative estimate of drug-likeness (QED) is 0.284. The average molecular weight is 524 g/mol. The van der Waals surface area contributed by atoms with Gasteiger partial charge >= 0.3 is 0 Å². The van der Waals surface area contributed by atoms with Crippen molar-refractivity contribution in [3.8, 4) is 5.75 Å². The Morgan fingerprint density at radius 3 is 2.30 bits per heavy atom. The molecular weight excluding hydrogens is 491 g/mol. The molecule has 0 heterocycles. The van der Waals surface area contributed by atoms with E-state index in [0.717, 1.165) is 30.8 Å². The van der Waals surface area contributed by atoms with E-state index in [1.807, 2.05) is 61.2 Å². The molecular formula is C23H33IN4O2. The SMILES string of the molecule is CCNC(=NCC(=O)N(CC)Cc1ccccc1)NCCc1ccc(OC)cc1.I. The zero-order valence-corrected chi connectivity index (χ0v) is 20.4. The molecule has 6 nitrogen and oxygen atoms in total. The predicted molar refractivity (Wildman–Crippen MR) is 134 cm³/mol. The van der Waals surface area contributed by atoms with Crippen LogP contribution < -0.4 is 15.4 Å². The van der Waals surface area contributed by atoms with Gasteiger partial charge in [-0.15, -0.1) is 24.0 Å². The summed E-state index contributed by atoms with van der Waals surface area (Å²) in [5, 5.41) is 6.49. The number of methoxy groups -OCH3 is 1. The van der Waals surface area contributed by atoms with E-state index in [1.165, 1.54) is 5.56 Å². The molecule has 1 amide bonds. The molecule has 0 radical (unpaired) electrons. The second kappa shape index (κ2) is 14.7. The van der Waals surface area contributed by atoms with Gasteiger partial charge in [0.05, 0.1) is 7.11 Å². The number of nitrogens with zero attached hydrogens (tertiary/aromatic N) is 2. The number of carbonyl (C=O) groups excluding carboxylic acids is 1. The Morgan fingerprint density at radius 1 is 1.00 bits per heavy atom. The van der Waals surface area contributed by atoms with Gasteiger partial charge in [0.1, 0.15) is 12.3 Å². The van der Waals surface area contributed by atoms with Crippen LogP contribution in [0.25, 0.3) is 0 Å². The molecule has 30 heavy (non-hydrogen) atoms. The van der Waals surface area contributed by atoms with Crippen molar-refractivity contribution in [1.82, 2.24) is 15.5 Å². The third-order valence-electron chi connectivity index (χ3n) is 4.53. The maximum atomic E-state index is 12.6. The molecule has 0 atom stereocenters. The molecule has 2 aromatic rings. The Balaban J connectivity index is 0.00000450. The lowest BCUT2D eigenvalue weighted by Gasteiger charge is -2.20. The summed E-state index contributed by atoms with van der Waals surface area (Å²) in [4.78, 5) is 18.9. The molecule has 0 bridgehead atoms. The van der Waals surface area contributed by atoms with E-state index in [1.54, 1.807) is 7.11 Å². The number of ether oxygens (including phenoxy) is 1. The van der Waals surface area contributed by atoms with Crippen LogP contribution in [0.5, 0.6) is 5.75 Å². The molecule has 0 aliphatic rings. The number of carbonyl (C=O) groups is 1. The largest absolute Gasteiger partial charge is 0.497 e. The summed E-state index contributed by atoms with van der Waals surface area (Å²) in [6.07, 6.45) is 0.859. The highest BCUT2D eigenvalue weighted by Gasteiger charge is 2.12. The molecule has 0 aliphatic heterocycles. The van der Waals surface area contributed by atoms with Gasteiger partial charge in [0.25, 0.3) is 0 Å². The number of amides is 1. The zero-order chi connectivity index (χ0) is 20.9. The highest BCUT2D eigenvalue weighted by Crippen LogP contribution is 2.11. The fraction of sp³-hybridized carbons (Fsp3) is 0.391. The molecule has 0 aliphatic carbocycles. The van der Waals surface area contributed by atoms with Crippen LogP contribution >= 0.6 is 24.0 Å². The Morgan fingerprint density at radius 2 is 1.70 bits per heavy atom. The summed E-state index contributed by atoms with van der Waals surface area (Å²) >= 11 is 0. The number of hydrogen-bond acceptors (Lipinski definition) is 3. The lowest BCUT2D eigenvalue weighted by Crippen LogP contribution is -2.40. The van der Waals surface area contributed by atoms with Crippen LogP contribution in [0.4, 0.5) is 0 Å². The Kier molecular flexibility index (Phi) is 12.6. The third kappa shape index (κ3) is 9.02. The minimum atomic E-state index is 0. The molecule has 2 aromatic carbocycles. The normalized spacial score (nSPS) is 10.7. The molecule has 2 rings (SSSR count). The molecule has 164 valence electrons. The number of likely N-dealkylation sites (N-methyl/N-ethyl adjacent to an activating group) is 1. The van der Waals surface area contributed by atoms with Gasteiger partial charge in [0.2, 0.25) is 5.91 Å². The molecule has 7 heteroatoms. The fourth-order valence-electron chi connectivity index (χ4n) is 2.89. The Hall–Kier alpha value is -2.29. The van der Waals surface area contributed by atoms with Gasteiger partial charge in [-0.2, -0.15) is 0 Å². The highest BCUT2D eigenvalue weighted by atomic mass is 127. The summed E-state index contributed by atoms with van der Waals surface area (Å²) in [6.45, 7) is 6.85. The van der Waals surface area contributed by atoms with E-state index in [2.05, 4.69) is 27.8 Å². The molecule has 0 spiro atoms. The standard InChI is InChI=1S/C23H32N4O2.HI/c1-4-24-23(25-16-15-19-11-13-21(29-3)14-12-19)26-17-22(28)27(5-2)18-20-9-7-6-8-10-20;/h6-14H,4-5,15-18H2,1-3H3,(H2,24,25,26);1H. The van der Waals surface area contributed by atoms with Crippen LogP contribution in [-0.4, -0.2) is 50.1 Å². The monoisotopic (exact) mass is 524 g/mol. The maximum Gasteiger partial charge on any atom is 0.244 e. The number of guanidine groups is 1. The van der Waals surface area contributed by atoms with Crippen LogP contribution in [0.2, 0.25) is 0 Å². The summed E-state index contributed by atoms with van der Waals surface area (Å²) in [5.41, 5.74) is 2.33. The fourth-order valence-corrected chi connectivity index (χ4v) is 2.89. The number of halogens is 1. The minimum absolute atomic E-state index is 0. The first kappa shape index (κ1) is 25.7. The van der Waals surface area contributed by atoms with Crippen molar-refractivity contribution in [3.05, 3.63) is 65.7 Å². The topological polar surface area (TPSA) is 66.0 Å². The average Bonchev–Trinajstić information content (AvgIpc) is 2.76. The third-order valence-corrected chi connectivity index (χ3v) is 4.53. The Labute approximate surface area is 197 Å². The van der Waals surface area contributed by atoms with Gasteiger partial charge in [-0.1, -0.05) is 42.5 Å². The number of rotatable bonds is 10. The number of benzene rings is 2. The molecule has 0 unspecified atom stereocenters. The summed E-state index contributed by atoms with van der Waals surface area (Å²) in [5.74, 6) is 1.53. The first-order chi connectivity index (χ1) is 14.2. The van der Waals surface area contributed by atoms with Crippen LogP contribution in [-0.2, 0) is 17.8 Å². The van der Waals surface area contributed by atoms with Crippen LogP contribution in [0.1, 0.15) is 25.0 Å². The van der Waals surface area contributed by atoms with Crippen molar-refractivity contribution in [3.63, 3.8) is 0 Å². The predicted octanol–water partition coefficient (Wildman–Crippen LogP) is 3.46. The lowest BCUT2D eigenvalue weighted by atomic mass is 10.1. The van der Waals surface area contributed by atoms with Gasteiger partial charge in [-0.05, 0) is 43.5 Å². The molecule has 0 saturated carbocycles. The van der Waals surface area contributed by atoms with Gasteiger partial charge in [-0.3, -0.25) is 4.79 Å². The molecule has 0 aromatic heterocycles. The smallest absolute Gasteiger partial charge is 0.244 e. The first-order valence-electron chi connectivity index (χ1n) is 10.1. The van der Waals surface area contributed by atoms with Gasteiger partial charge < -0.3 is 20.3 Å². The second-order valence-corrected chi connectivity index (χ2v) is 6.61.